The number of piperidine rings is 1. The van der Waals surface area contributed by atoms with E-state index in [2.05, 4.69) is 22.4 Å². The van der Waals surface area contributed by atoms with E-state index in [0.717, 1.165) is 47.3 Å². The Morgan fingerprint density at radius 3 is 2.77 bits per heavy atom. The third-order valence-corrected chi connectivity index (χ3v) is 5.82. The molecule has 1 aromatic heterocycles. The molecule has 1 fully saturated rings. The van der Waals surface area contributed by atoms with Gasteiger partial charge in [0.1, 0.15) is 0 Å². The van der Waals surface area contributed by atoms with Crippen LogP contribution in [0.3, 0.4) is 0 Å². The van der Waals surface area contributed by atoms with Crippen molar-refractivity contribution in [3.8, 4) is 11.4 Å². The number of hydrogen-bond acceptors (Lipinski definition) is 5. The minimum absolute atomic E-state index is 0.122. The number of nitrogens with zero attached hydrogens (tertiary/aromatic N) is 3. The first-order valence-corrected chi connectivity index (χ1v) is 10.6. The Hall–Kier alpha value is -3.15. The summed E-state index contributed by atoms with van der Waals surface area (Å²) in [6.07, 6.45) is 3.37. The molecule has 1 unspecified atom stereocenters. The summed E-state index contributed by atoms with van der Waals surface area (Å²) in [5, 5.41) is 7.44. The summed E-state index contributed by atoms with van der Waals surface area (Å²) in [6.45, 7) is 7.44. The lowest BCUT2D eigenvalue weighted by atomic mass is 10.0. The van der Waals surface area contributed by atoms with Crippen LogP contribution in [-0.4, -0.2) is 33.5 Å². The van der Waals surface area contributed by atoms with Gasteiger partial charge in [0.05, 0.1) is 6.54 Å². The van der Waals surface area contributed by atoms with Crippen LogP contribution in [0.2, 0.25) is 0 Å². The van der Waals surface area contributed by atoms with Gasteiger partial charge in [-0.1, -0.05) is 29.4 Å². The third-order valence-electron chi connectivity index (χ3n) is 5.82. The van der Waals surface area contributed by atoms with Gasteiger partial charge in [-0.15, -0.1) is 0 Å². The molecule has 6 heteroatoms. The Balaban J connectivity index is 1.42. The van der Waals surface area contributed by atoms with Gasteiger partial charge in [-0.2, -0.15) is 4.98 Å². The van der Waals surface area contributed by atoms with Crippen molar-refractivity contribution >= 4 is 11.6 Å². The standard InChI is InChI=1S/C24H28N4O2/c1-16-8-4-5-10-20(16)23-26-22(30-27-23)15-25-21-12-11-19(14-17(21)2)24(29)28-13-7-6-9-18(28)3/h4-5,8,10-12,14,18,25H,6-7,9,13,15H2,1-3H3. The summed E-state index contributed by atoms with van der Waals surface area (Å²) in [5.41, 5.74) is 4.79. The molecular formula is C24H28N4O2. The maximum Gasteiger partial charge on any atom is 0.254 e. The SMILES string of the molecule is Cc1cc(C(=O)N2CCCCC2C)ccc1NCc1nc(-c2ccccc2C)no1. The zero-order chi connectivity index (χ0) is 21.1. The van der Waals surface area contributed by atoms with Gasteiger partial charge in [-0.05, 0) is 69.4 Å². The molecule has 0 radical (unpaired) electrons. The van der Waals surface area contributed by atoms with Gasteiger partial charge in [0.2, 0.25) is 11.7 Å². The normalized spacial score (nSPS) is 16.5. The number of hydrogen-bond donors (Lipinski definition) is 1. The highest BCUT2D eigenvalue weighted by molar-refractivity contribution is 5.95. The van der Waals surface area contributed by atoms with E-state index < -0.39 is 0 Å². The molecule has 1 aliphatic heterocycles. The summed E-state index contributed by atoms with van der Waals surface area (Å²) < 4.78 is 5.40. The van der Waals surface area contributed by atoms with Gasteiger partial charge in [0.25, 0.3) is 5.91 Å². The van der Waals surface area contributed by atoms with Crippen molar-refractivity contribution in [3.63, 3.8) is 0 Å². The Morgan fingerprint density at radius 1 is 1.17 bits per heavy atom. The Morgan fingerprint density at radius 2 is 2.00 bits per heavy atom. The number of amides is 1. The average molecular weight is 405 g/mol. The molecule has 2 aromatic carbocycles. The van der Waals surface area contributed by atoms with E-state index in [9.17, 15) is 4.79 Å². The average Bonchev–Trinajstić information content (AvgIpc) is 3.22. The quantitative estimate of drug-likeness (QED) is 0.649. The highest BCUT2D eigenvalue weighted by Gasteiger charge is 2.24. The highest BCUT2D eigenvalue weighted by Crippen LogP contribution is 2.23. The van der Waals surface area contributed by atoms with Gasteiger partial charge in [-0.25, -0.2) is 0 Å². The first-order chi connectivity index (χ1) is 14.5. The molecular weight excluding hydrogens is 376 g/mol. The number of carbonyl (C=O) groups is 1. The molecule has 2 heterocycles. The van der Waals surface area contributed by atoms with Gasteiger partial charge in [-0.3, -0.25) is 4.79 Å². The van der Waals surface area contributed by atoms with Crippen molar-refractivity contribution in [2.45, 2.75) is 52.6 Å². The number of likely N-dealkylation sites (tertiary alicyclic amines) is 1. The lowest BCUT2D eigenvalue weighted by Gasteiger charge is -2.33. The number of aryl methyl sites for hydroxylation is 2. The van der Waals surface area contributed by atoms with E-state index in [4.69, 9.17) is 4.52 Å². The molecule has 0 spiro atoms. The number of aromatic nitrogens is 2. The fraction of sp³-hybridized carbons (Fsp3) is 0.375. The second-order valence-corrected chi connectivity index (χ2v) is 8.05. The molecule has 4 rings (SSSR count). The van der Waals surface area contributed by atoms with Crippen LogP contribution in [0.15, 0.2) is 47.0 Å². The van der Waals surface area contributed by atoms with Crippen LogP contribution in [0.25, 0.3) is 11.4 Å². The van der Waals surface area contributed by atoms with Crippen LogP contribution >= 0.6 is 0 Å². The number of benzene rings is 2. The second kappa shape index (κ2) is 8.69. The maximum atomic E-state index is 12.9. The lowest BCUT2D eigenvalue weighted by Crippen LogP contribution is -2.42. The highest BCUT2D eigenvalue weighted by atomic mass is 16.5. The topological polar surface area (TPSA) is 71.3 Å². The van der Waals surface area contributed by atoms with Crippen LogP contribution in [0.4, 0.5) is 5.69 Å². The van der Waals surface area contributed by atoms with Crippen molar-refractivity contribution < 1.29 is 9.32 Å². The maximum absolute atomic E-state index is 12.9. The molecule has 1 N–H and O–H groups in total. The summed E-state index contributed by atoms with van der Waals surface area (Å²) >= 11 is 0. The fourth-order valence-corrected chi connectivity index (χ4v) is 3.99. The van der Waals surface area contributed by atoms with E-state index >= 15 is 0 Å². The van der Waals surface area contributed by atoms with E-state index in [0.29, 0.717) is 24.3 Å². The van der Waals surface area contributed by atoms with Crippen LogP contribution < -0.4 is 5.32 Å². The third kappa shape index (κ3) is 4.22. The minimum Gasteiger partial charge on any atom is -0.376 e. The van der Waals surface area contributed by atoms with Crippen molar-refractivity contribution in [3.05, 3.63) is 65.0 Å². The van der Waals surface area contributed by atoms with Crippen molar-refractivity contribution in [2.75, 3.05) is 11.9 Å². The fourth-order valence-electron chi connectivity index (χ4n) is 3.99. The van der Waals surface area contributed by atoms with E-state index in [1.165, 1.54) is 6.42 Å². The number of carbonyl (C=O) groups excluding carboxylic acids is 1. The molecule has 1 aliphatic rings. The molecule has 0 saturated carbocycles. The largest absolute Gasteiger partial charge is 0.376 e. The van der Waals surface area contributed by atoms with Crippen LogP contribution in [0, 0.1) is 13.8 Å². The summed E-state index contributed by atoms with van der Waals surface area (Å²) in [7, 11) is 0. The Bertz CT molecular complexity index is 1040. The van der Waals surface area contributed by atoms with Crippen LogP contribution in [0.1, 0.15) is 53.6 Å². The second-order valence-electron chi connectivity index (χ2n) is 8.05. The molecule has 3 aromatic rings. The molecule has 1 saturated heterocycles. The van der Waals surface area contributed by atoms with Gasteiger partial charge in [0, 0.05) is 29.4 Å². The van der Waals surface area contributed by atoms with Gasteiger partial charge in [0.15, 0.2) is 0 Å². The van der Waals surface area contributed by atoms with Crippen LogP contribution in [-0.2, 0) is 6.54 Å². The zero-order valence-corrected chi connectivity index (χ0v) is 17.8. The molecule has 1 atom stereocenters. The van der Waals surface area contributed by atoms with Crippen molar-refractivity contribution in [1.82, 2.24) is 15.0 Å². The number of rotatable bonds is 5. The monoisotopic (exact) mass is 404 g/mol. The molecule has 1 amide bonds. The summed E-state index contributed by atoms with van der Waals surface area (Å²) in [4.78, 5) is 19.4. The minimum atomic E-state index is 0.122. The molecule has 30 heavy (non-hydrogen) atoms. The predicted octanol–water partition coefficient (Wildman–Crippen LogP) is 4.98. The van der Waals surface area contributed by atoms with E-state index in [-0.39, 0.29) is 5.91 Å². The summed E-state index contributed by atoms with van der Waals surface area (Å²) in [6, 6.07) is 14.1. The first kappa shape index (κ1) is 20.1. The zero-order valence-electron chi connectivity index (χ0n) is 17.8. The Labute approximate surface area is 177 Å². The number of nitrogens with one attached hydrogen (secondary N) is 1. The molecule has 0 aliphatic carbocycles. The molecule has 6 nitrogen and oxygen atoms in total. The van der Waals surface area contributed by atoms with Crippen molar-refractivity contribution in [2.24, 2.45) is 0 Å². The predicted molar refractivity (Wildman–Crippen MR) is 117 cm³/mol. The number of anilines is 1. The molecule has 156 valence electrons. The first-order valence-electron chi connectivity index (χ1n) is 10.6. The summed E-state index contributed by atoms with van der Waals surface area (Å²) in [5.74, 6) is 1.24. The Kier molecular flexibility index (Phi) is 5.84. The lowest BCUT2D eigenvalue weighted by molar-refractivity contribution is 0.0635. The molecule has 0 bridgehead atoms. The smallest absolute Gasteiger partial charge is 0.254 e. The van der Waals surface area contributed by atoms with Gasteiger partial charge < -0.3 is 14.7 Å². The van der Waals surface area contributed by atoms with Gasteiger partial charge >= 0.3 is 0 Å². The van der Waals surface area contributed by atoms with E-state index in [1.54, 1.807) is 0 Å². The van der Waals surface area contributed by atoms with Crippen LogP contribution in [0.5, 0.6) is 0 Å². The van der Waals surface area contributed by atoms with Crippen molar-refractivity contribution in [1.29, 1.82) is 0 Å². The van der Waals surface area contributed by atoms with E-state index in [1.807, 2.05) is 61.2 Å².